The van der Waals surface area contributed by atoms with Crippen molar-refractivity contribution in [2.75, 3.05) is 0 Å². The van der Waals surface area contributed by atoms with E-state index in [1.54, 1.807) is 18.2 Å². The van der Waals surface area contributed by atoms with E-state index < -0.39 is 16.9 Å². The van der Waals surface area contributed by atoms with Crippen LogP contribution in [0.15, 0.2) is 18.2 Å². The molecular weight excluding hydrogens is 294 g/mol. The molecule has 0 N–H and O–H groups in total. The molecule has 5 heteroatoms. The fraction of sp³-hybridized carbons (Fsp3) is 0.462. The van der Waals surface area contributed by atoms with Gasteiger partial charge in [0.25, 0.3) is 0 Å². The Hall–Kier alpha value is -0.440. The van der Waals surface area contributed by atoms with E-state index in [0.29, 0.717) is 22.0 Å². The molecule has 0 heterocycles. The predicted molar refractivity (Wildman–Crippen MR) is 75.5 cm³/mol. The summed E-state index contributed by atoms with van der Waals surface area (Å²) in [5.41, 5.74) is -0.0389. The molecule has 1 atom stereocenters. The van der Waals surface area contributed by atoms with Gasteiger partial charge in [0.15, 0.2) is 5.38 Å². The van der Waals surface area contributed by atoms with Crippen molar-refractivity contribution in [1.29, 1.82) is 0 Å². The third-order valence-electron chi connectivity index (χ3n) is 2.67. The Morgan fingerprint density at radius 3 is 2.50 bits per heavy atom. The van der Waals surface area contributed by atoms with E-state index in [4.69, 9.17) is 39.5 Å². The average Bonchev–Trinajstić information content (AvgIpc) is 2.27. The third-order valence-corrected chi connectivity index (χ3v) is 3.65. The van der Waals surface area contributed by atoms with Crippen molar-refractivity contribution < 1.29 is 9.53 Å². The van der Waals surface area contributed by atoms with Crippen LogP contribution in [-0.2, 0) is 9.53 Å². The molecule has 0 aliphatic carbocycles. The molecule has 0 aliphatic heterocycles. The fourth-order valence-electron chi connectivity index (χ4n) is 1.23. The molecule has 0 aromatic heterocycles. The van der Waals surface area contributed by atoms with E-state index >= 15 is 0 Å². The first-order chi connectivity index (χ1) is 8.26. The summed E-state index contributed by atoms with van der Waals surface area (Å²) in [6.07, 6.45) is 0.705. The zero-order valence-electron chi connectivity index (χ0n) is 10.5. The lowest BCUT2D eigenvalue weighted by atomic mass is 10.1. The molecule has 0 amide bonds. The molecule has 1 unspecified atom stereocenters. The number of esters is 1. The van der Waals surface area contributed by atoms with Crippen LogP contribution in [0, 0.1) is 0 Å². The molecular formula is C13H15Cl3O2. The monoisotopic (exact) mass is 308 g/mol. The van der Waals surface area contributed by atoms with Gasteiger partial charge in [-0.05, 0) is 38.0 Å². The standard InChI is InChI=1S/C13H15Cl3O2/c1-4-13(2,3)18-12(17)11(16)9-6-5-8(14)7-10(9)15/h5-7,11H,4H2,1-3H3. The van der Waals surface area contributed by atoms with Crippen LogP contribution in [0.5, 0.6) is 0 Å². The number of benzene rings is 1. The summed E-state index contributed by atoms with van der Waals surface area (Å²) in [6, 6.07) is 4.81. The smallest absolute Gasteiger partial charge is 0.329 e. The maximum atomic E-state index is 11.9. The van der Waals surface area contributed by atoms with Gasteiger partial charge in [-0.15, -0.1) is 11.6 Å². The summed E-state index contributed by atoms with van der Waals surface area (Å²) < 4.78 is 5.33. The largest absolute Gasteiger partial charge is 0.458 e. The van der Waals surface area contributed by atoms with E-state index in [1.165, 1.54) is 0 Å². The van der Waals surface area contributed by atoms with Crippen LogP contribution in [0.25, 0.3) is 0 Å². The SMILES string of the molecule is CCC(C)(C)OC(=O)C(Cl)c1ccc(Cl)cc1Cl. The van der Waals surface area contributed by atoms with Gasteiger partial charge in [-0.2, -0.15) is 0 Å². The Bertz CT molecular complexity index is 444. The van der Waals surface area contributed by atoms with Crippen molar-refractivity contribution in [3.63, 3.8) is 0 Å². The number of hydrogen-bond acceptors (Lipinski definition) is 2. The second kappa shape index (κ2) is 6.14. The summed E-state index contributed by atoms with van der Waals surface area (Å²) in [5.74, 6) is -0.507. The summed E-state index contributed by atoms with van der Waals surface area (Å²) in [4.78, 5) is 11.9. The average molecular weight is 310 g/mol. The minimum Gasteiger partial charge on any atom is -0.458 e. The molecule has 0 aliphatic rings. The molecule has 0 fully saturated rings. The molecule has 0 saturated heterocycles. The van der Waals surface area contributed by atoms with Gasteiger partial charge in [0.05, 0.1) is 0 Å². The van der Waals surface area contributed by atoms with Crippen molar-refractivity contribution in [3.05, 3.63) is 33.8 Å². The first-order valence-electron chi connectivity index (χ1n) is 5.58. The molecule has 0 radical (unpaired) electrons. The second-order valence-electron chi connectivity index (χ2n) is 4.56. The van der Waals surface area contributed by atoms with Gasteiger partial charge in [-0.1, -0.05) is 36.2 Å². The minimum absolute atomic E-state index is 0.355. The highest BCUT2D eigenvalue weighted by Gasteiger charge is 2.28. The van der Waals surface area contributed by atoms with Gasteiger partial charge in [0.1, 0.15) is 5.60 Å². The van der Waals surface area contributed by atoms with Crippen LogP contribution in [0.3, 0.4) is 0 Å². The normalized spacial score (nSPS) is 13.2. The Morgan fingerprint density at radius 1 is 1.39 bits per heavy atom. The number of alkyl halides is 1. The van der Waals surface area contributed by atoms with Crippen LogP contribution in [0.2, 0.25) is 10.0 Å². The highest BCUT2D eigenvalue weighted by Crippen LogP contribution is 2.32. The lowest BCUT2D eigenvalue weighted by molar-refractivity contribution is -0.156. The van der Waals surface area contributed by atoms with Gasteiger partial charge in [-0.25, -0.2) is 0 Å². The number of ether oxygens (including phenoxy) is 1. The topological polar surface area (TPSA) is 26.3 Å². The van der Waals surface area contributed by atoms with Crippen molar-refractivity contribution >= 4 is 40.8 Å². The number of rotatable bonds is 4. The van der Waals surface area contributed by atoms with E-state index in [-0.39, 0.29) is 0 Å². The van der Waals surface area contributed by atoms with Gasteiger partial charge >= 0.3 is 5.97 Å². The maximum Gasteiger partial charge on any atom is 0.329 e. The second-order valence-corrected chi connectivity index (χ2v) is 5.84. The summed E-state index contributed by atoms with van der Waals surface area (Å²) >= 11 is 17.9. The van der Waals surface area contributed by atoms with Crippen molar-refractivity contribution in [2.45, 2.75) is 38.2 Å². The molecule has 0 saturated carbocycles. The van der Waals surface area contributed by atoms with E-state index in [0.717, 1.165) is 0 Å². The highest BCUT2D eigenvalue weighted by atomic mass is 35.5. The summed E-state index contributed by atoms with van der Waals surface area (Å²) in [5, 5.41) is -0.0794. The quantitative estimate of drug-likeness (QED) is 0.577. The van der Waals surface area contributed by atoms with Crippen LogP contribution in [-0.4, -0.2) is 11.6 Å². The van der Waals surface area contributed by atoms with Crippen LogP contribution in [0.4, 0.5) is 0 Å². The zero-order chi connectivity index (χ0) is 13.9. The Morgan fingerprint density at radius 2 is 2.00 bits per heavy atom. The van der Waals surface area contributed by atoms with E-state index in [1.807, 2.05) is 20.8 Å². The Balaban J connectivity index is 2.87. The Kier molecular flexibility index (Phi) is 5.32. The minimum atomic E-state index is -0.930. The summed E-state index contributed by atoms with van der Waals surface area (Å²) in [7, 11) is 0. The molecule has 1 aromatic rings. The molecule has 1 aromatic carbocycles. The van der Waals surface area contributed by atoms with Gasteiger partial charge in [0.2, 0.25) is 0 Å². The number of carbonyl (C=O) groups excluding carboxylic acids is 1. The maximum absolute atomic E-state index is 11.9. The third kappa shape index (κ3) is 4.04. The van der Waals surface area contributed by atoms with E-state index in [9.17, 15) is 4.79 Å². The van der Waals surface area contributed by atoms with Crippen molar-refractivity contribution in [1.82, 2.24) is 0 Å². The number of hydrogen-bond donors (Lipinski definition) is 0. The van der Waals surface area contributed by atoms with Gasteiger partial charge in [0, 0.05) is 10.0 Å². The van der Waals surface area contributed by atoms with Crippen LogP contribution >= 0.6 is 34.8 Å². The molecule has 1 rings (SSSR count). The van der Waals surface area contributed by atoms with E-state index in [2.05, 4.69) is 0 Å². The lowest BCUT2D eigenvalue weighted by Crippen LogP contribution is -2.28. The lowest BCUT2D eigenvalue weighted by Gasteiger charge is -2.25. The van der Waals surface area contributed by atoms with Crippen LogP contribution in [0.1, 0.15) is 38.1 Å². The van der Waals surface area contributed by atoms with Crippen LogP contribution < -0.4 is 0 Å². The van der Waals surface area contributed by atoms with Gasteiger partial charge in [-0.3, -0.25) is 4.79 Å². The van der Waals surface area contributed by atoms with Crippen molar-refractivity contribution in [2.24, 2.45) is 0 Å². The fourth-order valence-corrected chi connectivity index (χ4v) is 2.04. The molecule has 0 bridgehead atoms. The molecule has 18 heavy (non-hydrogen) atoms. The van der Waals surface area contributed by atoms with Crippen molar-refractivity contribution in [3.8, 4) is 0 Å². The predicted octanol–water partition coefficient (Wildman–Crippen LogP) is 5.01. The number of halogens is 3. The first-order valence-corrected chi connectivity index (χ1v) is 6.78. The highest BCUT2D eigenvalue weighted by molar-refractivity contribution is 6.37. The first kappa shape index (κ1) is 15.6. The molecule has 100 valence electrons. The zero-order valence-corrected chi connectivity index (χ0v) is 12.7. The Labute approximate surface area is 122 Å². The molecule has 2 nitrogen and oxygen atoms in total. The summed E-state index contributed by atoms with van der Waals surface area (Å²) in [6.45, 7) is 5.60. The molecule has 0 spiro atoms. The number of carbonyl (C=O) groups is 1. The van der Waals surface area contributed by atoms with Gasteiger partial charge < -0.3 is 4.74 Å².